The zero-order valence-corrected chi connectivity index (χ0v) is 13.3. The van der Waals surface area contributed by atoms with Gasteiger partial charge in [0, 0.05) is 5.54 Å². The highest BCUT2D eigenvalue weighted by molar-refractivity contribution is 5.32. The van der Waals surface area contributed by atoms with Gasteiger partial charge < -0.3 is 10.1 Å². The first-order chi connectivity index (χ1) is 9.65. The van der Waals surface area contributed by atoms with Crippen LogP contribution in [-0.4, -0.2) is 37.7 Å². The van der Waals surface area contributed by atoms with E-state index in [1.807, 2.05) is 6.07 Å². The number of rotatable bonds is 6. The quantitative estimate of drug-likeness (QED) is 0.863. The molecule has 1 aromatic carbocycles. The van der Waals surface area contributed by atoms with Gasteiger partial charge in [-0.25, -0.2) is 0 Å². The van der Waals surface area contributed by atoms with E-state index in [4.69, 9.17) is 4.74 Å². The average molecular weight is 276 g/mol. The van der Waals surface area contributed by atoms with Crippen molar-refractivity contribution < 1.29 is 4.74 Å². The zero-order chi connectivity index (χ0) is 14.6. The normalized spacial score (nSPS) is 20.6. The molecule has 0 bridgehead atoms. The lowest BCUT2D eigenvalue weighted by molar-refractivity contribution is 0.0872. The Kier molecular flexibility index (Phi) is 5.06. The van der Waals surface area contributed by atoms with Crippen molar-refractivity contribution in [3.8, 4) is 5.75 Å². The lowest BCUT2D eigenvalue weighted by Crippen LogP contribution is -2.52. The van der Waals surface area contributed by atoms with Crippen molar-refractivity contribution in [3.63, 3.8) is 0 Å². The van der Waals surface area contributed by atoms with Crippen molar-refractivity contribution in [1.29, 1.82) is 0 Å². The van der Waals surface area contributed by atoms with E-state index in [2.05, 4.69) is 49.3 Å². The Morgan fingerprint density at radius 2 is 2.05 bits per heavy atom. The van der Waals surface area contributed by atoms with Crippen molar-refractivity contribution in [1.82, 2.24) is 10.2 Å². The molecule has 3 heteroatoms. The maximum atomic E-state index is 5.38. The largest absolute Gasteiger partial charge is 0.497 e. The van der Waals surface area contributed by atoms with Crippen LogP contribution in [0.2, 0.25) is 0 Å². The van der Waals surface area contributed by atoms with Gasteiger partial charge in [-0.05, 0) is 64.0 Å². The van der Waals surface area contributed by atoms with E-state index in [0.717, 1.165) is 12.2 Å². The molecule has 1 aromatic rings. The van der Waals surface area contributed by atoms with Crippen LogP contribution in [0.5, 0.6) is 5.75 Å². The minimum Gasteiger partial charge on any atom is -0.497 e. The fourth-order valence-corrected chi connectivity index (χ4v) is 3.50. The molecule has 2 rings (SSSR count). The SMILES string of the molecule is CCC(C)(C(NC)c1cccc(OC)c1)N1CCCC1. The van der Waals surface area contributed by atoms with Crippen molar-refractivity contribution >= 4 is 0 Å². The predicted molar refractivity (Wildman–Crippen MR) is 84.3 cm³/mol. The lowest BCUT2D eigenvalue weighted by atomic mass is 9.83. The molecule has 0 spiro atoms. The van der Waals surface area contributed by atoms with Gasteiger partial charge in [-0.15, -0.1) is 0 Å². The molecule has 1 saturated heterocycles. The molecular formula is C17H28N2O. The van der Waals surface area contributed by atoms with Crippen LogP contribution in [0.3, 0.4) is 0 Å². The molecule has 1 aliphatic rings. The Morgan fingerprint density at radius 1 is 1.35 bits per heavy atom. The molecule has 3 nitrogen and oxygen atoms in total. The van der Waals surface area contributed by atoms with Gasteiger partial charge in [0.25, 0.3) is 0 Å². The number of ether oxygens (including phenoxy) is 1. The molecule has 0 amide bonds. The molecule has 112 valence electrons. The number of hydrogen-bond donors (Lipinski definition) is 1. The van der Waals surface area contributed by atoms with E-state index >= 15 is 0 Å². The van der Waals surface area contributed by atoms with E-state index < -0.39 is 0 Å². The molecule has 1 aliphatic heterocycles. The number of nitrogens with zero attached hydrogens (tertiary/aromatic N) is 1. The summed E-state index contributed by atoms with van der Waals surface area (Å²) in [6.45, 7) is 7.11. The van der Waals surface area contributed by atoms with E-state index in [9.17, 15) is 0 Å². The lowest BCUT2D eigenvalue weighted by Gasteiger charge is -2.44. The van der Waals surface area contributed by atoms with Gasteiger partial charge in [-0.3, -0.25) is 4.90 Å². The number of methoxy groups -OCH3 is 1. The van der Waals surface area contributed by atoms with Crippen molar-refractivity contribution in [3.05, 3.63) is 29.8 Å². The third kappa shape index (κ3) is 2.84. The first kappa shape index (κ1) is 15.3. The summed E-state index contributed by atoms with van der Waals surface area (Å²) in [7, 11) is 3.79. The van der Waals surface area contributed by atoms with Gasteiger partial charge in [0.15, 0.2) is 0 Å². The molecule has 1 fully saturated rings. The fourth-order valence-electron chi connectivity index (χ4n) is 3.50. The molecule has 2 unspecified atom stereocenters. The highest BCUT2D eigenvalue weighted by atomic mass is 16.5. The second kappa shape index (κ2) is 6.59. The highest BCUT2D eigenvalue weighted by Crippen LogP contribution is 2.37. The summed E-state index contributed by atoms with van der Waals surface area (Å²) in [6, 6.07) is 8.77. The Hall–Kier alpha value is -1.06. The number of likely N-dealkylation sites (N-methyl/N-ethyl adjacent to an activating group) is 1. The van der Waals surface area contributed by atoms with Crippen LogP contribution in [0.15, 0.2) is 24.3 Å². The summed E-state index contributed by atoms with van der Waals surface area (Å²) in [5.41, 5.74) is 1.46. The van der Waals surface area contributed by atoms with Crippen LogP contribution in [0.25, 0.3) is 0 Å². The summed E-state index contributed by atoms with van der Waals surface area (Å²) < 4.78 is 5.38. The summed E-state index contributed by atoms with van der Waals surface area (Å²) in [6.07, 6.45) is 3.78. The first-order valence-corrected chi connectivity index (χ1v) is 7.72. The van der Waals surface area contributed by atoms with E-state index in [1.54, 1.807) is 7.11 Å². The van der Waals surface area contributed by atoms with Crippen LogP contribution >= 0.6 is 0 Å². The van der Waals surface area contributed by atoms with E-state index in [0.29, 0.717) is 6.04 Å². The van der Waals surface area contributed by atoms with Crippen LogP contribution in [0, 0.1) is 0 Å². The summed E-state index contributed by atoms with van der Waals surface area (Å²) in [4.78, 5) is 2.65. The fraction of sp³-hybridized carbons (Fsp3) is 0.647. The highest BCUT2D eigenvalue weighted by Gasteiger charge is 2.39. The summed E-state index contributed by atoms with van der Waals surface area (Å²) >= 11 is 0. The van der Waals surface area contributed by atoms with Gasteiger partial charge in [-0.1, -0.05) is 19.1 Å². The van der Waals surface area contributed by atoms with E-state index in [-0.39, 0.29) is 5.54 Å². The van der Waals surface area contributed by atoms with Crippen molar-refractivity contribution in [2.75, 3.05) is 27.2 Å². The standard InChI is InChI=1S/C17H28N2O/c1-5-17(2,19-11-6-7-12-19)16(18-3)14-9-8-10-15(13-14)20-4/h8-10,13,16,18H,5-7,11-12H2,1-4H3. The molecule has 1 N–H and O–H groups in total. The maximum absolute atomic E-state index is 5.38. The smallest absolute Gasteiger partial charge is 0.119 e. The van der Waals surface area contributed by atoms with Crippen molar-refractivity contribution in [2.24, 2.45) is 0 Å². The Morgan fingerprint density at radius 3 is 2.60 bits per heavy atom. The van der Waals surface area contributed by atoms with Crippen LogP contribution in [0.1, 0.15) is 44.7 Å². The Bertz CT molecular complexity index is 429. The van der Waals surface area contributed by atoms with E-state index in [1.165, 1.54) is 31.5 Å². The second-order valence-corrected chi connectivity index (χ2v) is 5.90. The minimum atomic E-state index is 0.150. The predicted octanol–water partition coefficient (Wildman–Crippen LogP) is 3.22. The molecule has 0 aliphatic carbocycles. The molecule has 0 saturated carbocycles. The maximum Gasteiger partial charge on any atom is 0.119 e. The molecule has 1 heterocycles. The van der Waals surface area contributed by atoms with Crippen molar-refractivity contribution in [2.45, 2.75) is 44.7 Å². The first-order valence-electron chi connectivity index (χ1n) is 7.72. The topological polar surface area (TPSA) is 24.5 Å². The van der Waals surface area contributed by atoms with Gasteiger partial charge >= 0.3 is 0 Å². The number of nitrogens with one attached hydrogen (secondary N) is 1. The number of likely N-dealkylation sites (tertiary alicyclic amines) is 1. The summed E-state index contributed by atoms with van der Waals surface area (Å²) in [5, 5.41) is 3.54. The van der Waals surface area contributed by atoms with Gasteiger partial charge in [0.1, 0.15) is 5.75 Å². The zero-order valence-electron chi connectivity index (χ0n) is 13.3. The number of benzene rings is 1. The Labute approximate surface area is 123 Å². The molecule has 20 heavy (non-hydrogen) atoms. The second-order valence-electron chi connectivity index (χ2n) is 5.90. The molecule has 2 atom stereocenters. The number of hydrogen-bond acceptors (Lipinski definition) is 3. The third-order valence-corrected chi connectivity index (χ3v) is 4.88. The Balaban J connectivity index is 2.32. The van der Waals surface area contributed by atoms with Gasteiger partial charge in [0.2, 0.25) is 0 Å². The monoisotopic (exact) mass is 276 g/mol. The molecule has 0 radical (unpaired) electrons. The third-order valence-electron chi connectivity index (χ3n) is 4.88. The summed E-state index contributed by atoms with van der Waals surface area (Å²) in [5.74, 6) is 0.933. The average Bonchev–Trinajstić information content (AvgIpc) is 3.02. The van der Waals surface area contributed by atoms with Crippen LogP contribution in [0.4, 0.5) is 0 Å². The molecule has 0 aromatic heterocycles. The minimum absolute atomic E-state index is 0.150. The van der Waals surface area contributed by atoms with Crippen LogP contribution in [-0.2, 0) is 0 Å². The molecular weight excluding hydrogens is 248 g/mol. The van der Waals surface area contributed by atoms with Gasteiger partial charge in [0.05, 0.1) is 13.2 Å². The van der Waals surface area contributed by atoms with Crippen LogP contribution < -0.4 is 10.1 Å². The van der Waals surface area contributed by atoms with Gasteiger partial charge in [-0.2, -0.15) is 0 Å².